The Hall–Kier alpha value is -0.930. The van der Waals surface area contributed by atoms with E-state index < -0.39 is 0 Å². The highest BCUT2D eigenvalue weighted by Gasteiger charge is 2.08. The van der Waals surface area contributed by atoms with Gasteiger partial charge in [-0.1, -0.05) is 0 Å². The first kappa shape index (κ1) is 8.17. The van der Waals surface area contributed by atoms with Crippen molar-refractivity contribution in [3.8, 4) is 0 Å². The fourth-order valence-electron chi connectivity index (χ4n) is 0.889. The summed E-state index contributed by atoms with van der Waals surface area (Å²) in [5.74, 6) is 0. The molecule has 1 aromatic heterocycles. The first-order valence-corrected chi connectivity index (χ1v) is 3.63. The summed E-state index contributed by atoms with van der Waals surface area (Å²) in [4.78, 5) is 3.89. The Labute approximate surface area is 66.4 Å². The fraction of sp³-hybridized carbons (Fsp3) is 0.375. The van der Waals surface area contributed by atoms with Gasteiger partial charge in [-0.25, -0.2) is 0 Å². The zero-order valence-electron chi connectivity index (χ0n) is 6.57. The van der Waals surface area contributed by atoms with E-state index in [0.29, 0.717) is 0 Å². The molecule has 60 valence electrons. The van der Waals surface area contributed by atoms with E-state index in [0.717, 1.165) is 5.56 Å². The van der Waals surface area contributed by atoms with E-state index in [1.165, 1.54) is 0 Å². The molecule has 0 radical (unpaired) electrons. The van der Waals surface area contributed by atoms with Crippen molar-refractivity contribution in [3.63, 3.8) is 0 Å². The van der Waals surface area contributed by atoms with Crippen molar-refractivity contribution in [1.82, 2.24) is 4.98 Å². The summed E-state index contributed by atoms with van der Waals surface area (Å²) in [6, 6.07) is 3.66. The predicted molar refractivity (Wildman–Crippen MR) is 44.8 cm³/mol. The SMILES string of the molecule is C[C@H](N)[C@@H](N)c1ccncc1. The number of aromatic nitrogens is 1. The second kappa shape index (κ2) is 3.46. The van der Waals surface area contributed by atoms with Gasteiger partial charge in [0.25, 0.3) is 0 Å². The monoisotopic (exact) mass is 151 g/mol. The molecule has 3 nitrogen and oxygen atoms in total. The molecule has 3 heteroatoms. The zero-order chi connectivity index (χ0) is 8.27. The lowest BCUT2D eigenvalue weighted by Gasteiger charge is -2.14. The van der Waals surface area contributed by atoms with E-state index in [1.807, 2.05) is 19.1 Å². The van der Waals surface area contributed by atoms with Crippen molar-refractivity contribution in [3.05, 3.63) is 30.1 Å². The number of rotatable bonds is 2. The minimum atomic E-state index is -0.0852. The van der Waals surface area contributed by atoms with E-state index >= 15 is 0 Å². The van der Waals surface area contributed by atoms with Gasteiger partial charge < -0.3 is 11.5 Å². The van der Waals surface area contributed by atoms with Crippen LogP contribution in [0.15, 0.2) is 24.5 Å². The molecule has 1 aromatic rings. The summed E-state index contributed by atoms with van der Waals surface area (Å²) >= 11 is 0. The van der Waals surface area contributed by atoms with E-state index in [4.69, 9.17) is 11.5 Å². The van der Waals surface area contributed by atoms with Gasteiger partial charge in [0.15, 0.2) is 0 Å². The molecule has 4 N–H and O–H groups in total. The van der Waals surface area contributed by atoms with Gasteiger partial charge in [-0.2, -0.15) is 0 Å². The number of nitrogens with zero attached hydrogens (tertiary/aromatic N) is 1. The first-order valence-electron chi connectivity index (χ1n) is 3.63. The van der Waals surface area contributed by atoms with Gasteiger partial charge in [0.1, 0.15) is 0 Å². The van der Waals surface area contributed by atoms with Gasteiger partial charge in [0.2, 0.25) is 0 Å². The van der Waals surface area contributed by atoms with Gasteiger partial charge in [0, 0.05) is 24.5 Å². The van der Waals surface area contributed by atoms with Crippen molar-refractivity contribution in [2.24, 2.45) is 11.5 Å². The lowest BCUT2D eigenvalue weighted by Crippen LogP contribution is -2.30. The Kier molecular flexibility index (Phi) is 2.57. The largest absolute Gasteiger partial charge is 0.326 e. The fourth-order valence-corrected chi connectivity index (χ4v) is 0.889. The molecule has 0 spiro atoms. The molecule has 0 aromatic carbocycles. The molecule has 1 heterocycles. The summed E-state index contributed by atoms with van der Waals surface area (Å²) in [7, 11) is 0. The van der Waals surface area contributed by atoms with Crippen LogP contribution in [-0.4, -0.2) is 11.0 Å². The van der Waals surface area contributed by atoms with Crippen LogP contribution in [0.4, 0.5) is 0 Å². The highest BCUT2D eigenvalue weighted by Crippen LogP contribution is 2.10. The third kappa shape index (κ3) is 2.00. The third-order valence-corrected chi connectivity index (χ3v) is 1.66. The Morgan fingerprint density at radius 2 is 1.82 bits per heavy atom. The average molecular weight is 151 g/mol. The molecule has 11 heavy (non-hydrogen) atoms. The van der Waals surface area contributed by atoms with E-state index in [2.05, 4.69) is 4.98 Å². The molecule has 0 fully saturated rings. The molecule has 1 rings (SSSR count). The highest BCUT2D eigenvalue weighted by molar-refractivity contribution is 5.15. The van der Waals surface area contributed by atoms with Gasteiger partial charge in [-0.15, -0.1) is 0 Å². The van der Waals surface area contributed by atoms with Crippen LogP contribution in [0.25, 0.3) is 0 Å². The molecular formula is C8H13N3. The molecule has 0 bridgehead atoms. The molecule has 0 saturated carbocycles. The van der Waals surface area contributed by atoms with Gasteiger partial charge in [0.05, 0.1) is 0 Å². The lowest BCUT2D eigenvalue weighted by atomic mass is 10.0. The van der Waals surface area contributed by atoms with Gasteiger partial charge in [-0.3, -0.25) is 4.98 Å². The number of nitrogens with two attached hydrogens (primary N) is 2. The van der Waals surface area contributed by atoms with Crippen LogP contribution in [0.5, 0.6) is 0 Å². The van der Waals surface area contributed by atoms with E-state index in [9.17, 15) is 0 Å². The summed E-state index contributed by atoms with van der Waals surface area (Å²) in [6.45, 7) is 1.89. The molecule has 2 atom stereocenters. The Morgan fingerprint density at radius 3 is 2.27 bits per heavy atom. The molecule has 0 unspecified atom stereocenters. The quantitative estimate of drug-likeness (QED) is 0.644. The minimum absolute atomic E-state index is 0.0163. The third-order valence-electron chi connectivity index (χ3n) is 1.66. The predicted octanol–water partition coefficient (Wildman–Crippen LogP) is 0.429. The van der Waals surface area contributed by atoms with Crippen LogP contribution >= 0.6 is 0 Å². The molecule has 0 amide bonds. The van der Waals surface area contributed by atoms with Crippen molar-refractivity contribution < 1.29 is 0 Å². The number of hydrogen-bond donors (Lipinski definition) is 2. The standard InChI is InChI=1S/C8H13N3/c1-6(9)8(10)7-2-4-11-5-3-7/h2-6,8H,9-10H2,1H3/t6-,8+/m0/s1. The molecular weight excluding hydrogens is 138 g/mol. The van der Waals surface area contributed by atoms with E-state index in [1.54, 1.807) is 12.4 Å². The first-order chi connectivity index (χ1) is 5.22. The van der Waals surface area contributed by atoms with Crippen molar-refractivity contribution >= 4 is 0 Å². The second-order valence-electron chi connectivity index (χ2n) is 2.67. The Bertz CT molecular complexity index is 208. The number of hydrogen-bond acceptors (Lipinski definition) is 3. The second-order valence-corrected chi connectivity index (χ2v) is 2.67. The molecule has 0 aliphatic heterocycles. The van der Waals surface area contributed by atoms with Crippen LogP contribution in [-0.2, 0) is 0 Å². The zero-order valence-corrected chi connectivity index (χ0v) is 6.57. The molecule has 0 aliphatic rings. The van der Waals surface area contributed by atoms with E-state index in [-0.39, 0.29) is 12.1 Å². The van der Waals surface area contributed by atoms with Crippen LogP contribution in [0, 0.1) is 0 Å². The van der Waals surface area contributed by atoms with Gasteiger partial charge in [-0.05, 0) is 24.6 Å². The lowest BCUT2D eigenvalue weighted by molar-refractivity contribution is 0.588. The normalized spacial score (nSPS) is 15.9. The number of pyridine rings is 1. The summed E-state index contributed by atoms with van der Waals surface area (Å²) in [6.07, 6.45) is 3.44. The van der Waals surface area contributed by atoms with Crippen molar-refractivity contribution in [2.45, 2.75) is 19.0 Å². The minimum Gasteiger partial charge on any atom is -0.326 e. The van der Waals surface area contributed by atoms with Crippen LogP contribution < -0.4 is 11.5 Å². The smallest absolute Gasteiger partial charge is 0.0447 e. The van der Waals surface area contributed by atoms with Crippen molar-refractivity contribution in [1.29, 1.82) is 0 Å². The summed E-state index contributed by atoms with van der Waals surface area (Å²) < 4.78 is 0. The van der Waals surface area contributed by atoms with Crippen molar-refractivity contribution in [2.75, 3.05) is 0 Å². The Morgan fingerprint density at radius 1 is 1.27 bits per heavy atom. The summed E-state index contributed by atoms with van der Waals surface area (Å²) in [5, 5.41) is 0. The average Bonchev–Trinajstić information content (AvgIpc) is 2.05. The van der Waals surface area contributed by atoms with Crippen LogP contribution in [0.1, 0.15) is 18.5 Å². The highest BCUT2D eigenvalue weighted by atomic mass is 14.8. The Balaban J connectivity index is 2.77. The molecule has 0 saturated heterocycles. The maximum atomic E-state index is 5.78. The molecule has 0 aliphatic carbocycles. The van der Waals surface area contributed by atoms with Crippen LogP contribution in [0.3, 0.4) is 0 Å². The topological polar surface area (TPSA) is 64.9 Å². The maximum absolute atomic E-state index is 5.78. The van der Waals surface area contributed by atoms with Crippen LogP contribution in [0.2, 0.25) is 0 Å². The maximum Gasteiger partial charge on any atom is 0.0447 e. The van der Waals surface area contributed by atoms with Gasteiger partial charge >= 0.3 is 0 Å². The summed E-state index contributed by atoms with van der Waals surface area (Å²) in [5.41, 5.74) is 12.4.